The number of fused-ring (bicyclic) bond motifs is 1. The molecule has 3 aromatic rings. The summed E-state index contributed by atoms with van der Waals surface area (Å²) in [4.78, 5) is 12.2. The van der Waals surface area contributed by atoms with Crippen molar-refractivity contribution in [1.82, 2.24) is 14.6 Å². The summed E-state index contributed by atoms with van der Waals surface area (Å²) in [5.74, 6) is 0.833. The highest BCUT2D eigenvalue weighted by atomic mass is 32.1. The van der Waals surface area contributed by atoms with Gasteiger partial charge in [-0.15, -0.1) is 11.3 Å². The number of pyridine rings is 1. The lowest BCUT2D eigenvalue weighted by atomic mass is 10.4. The van der Waals surface area contributed by atoms with Gasteiger partial charge in [-0.1, -0.05) is 6.07 Å². The summed E-state index contributed by atoms with van der Waals surface area (Å²) in [5, 5.41) is 9.02. The first-order chi connectivity index (χ1) is 7.34. The molecule has 0 aliphatic heterocycles. The Kier molecular flexibility index (Phi) is 1.72. The van der Waals surface area contributed by atoms with Crippen LogP contribution in [0.2, 0.25) is 0 Å². The van der Waals surface area contributed by atoms with Crippen LogP contribution in [-0.2, 0) is 0 Å². The van der Waals surface area contributed by atoms with Gasteiger partial charge in [-0.25, -0.2) is 0 Å². The topological polar surface area (TPSA) is 50.2 Å². The predicted octanol–water partition coefficient (Wildman–Crippen LogP) is 1.75. The molecule has 0 unspecified atom stereocenters. The molecule has 0 fully saturated rings. The number of nitrogens with zero attached hydrogens (tertiary/aromatic N) is 2. The molecule has 3 heterocycles. The molecule has 5 heteroatoms. The molecule has 3 rings (SSSR count). The minimum absolute atomic E-state index is 0.0172. The van der Waals surface area contributed by atoms with Crippen LogP contribution in [0.15, 0.2) is 40.6 Å². The van der Waals surface area contributed by atoms with Gasteiger partial charge in [0.2, 0.25) is 0 Å². The van der Waals surface area contributed by atoms with E-state index in [1.807, 2.05) is 21.9 Å². The van der Waals surface area contributed by atoms with Crippen molar-refractivity contribution >= 4 is 17.0 Å². The molecule has 0 saturated carbocycles. The highest BCUT2D eigenvalue weighted by Crippen LogP contribution is 2.22. The summed E-state index contributed by atoms with van der Waals surface area (Å²) in [5.41, 5.74) is 0.697. The van der Waals surface area contributed by atoms with Gasteiger partial charge >= 0.3 is 0 Å². The van der Waals surface area contributed by atoms with Gasteiger partial charge in [0.1, 0.15) is 5.65 Å². The van der Waals surface area contributed by atoms with Crippen LogP contribution in [0.1, 0.15) is 0 Å². The van der Waals surface area contributed by atoms with Crippen molar-refractivity contribution in [3.05, 3.63) is 46.1 Å². The highest BCUT2D eigenvalue weighted by molar-refractivity contribution is 7.13. The molecule has 3 aromatic heterocycles. The molecule has 0 aliphatic carbocycles. The van der Waals surface area contributed by atoms with Crippen LogP contribution in [0, 0.1) is 0 Å². The smallest absolute Gasteiger partial charge is 0.183 e. The van der Waals surface area contributed by atoms with E-state index in [9.17, 15) is 4.79 Å². The third-order valence-electron chi connectivity index (χ3n) is 2.17. The first kappa shape index (κ1) is 8.43. The van der Waals surface area contributed by atoms with E-state index in [4.69, 9.17) is 0 Å². The molecular formula is C10H7N3OS. The molecule has 0 spiro atoms. The second-order valence-corrected chi connectivity index (χ2v) is 4.09. The normalized spacial score (nSPS) is 10.9. The van der Waals surface area contributed by atoms with E-state index >= 15 is 0 Å². The Morgan fingerprint density at radius 1 is 1.40 bits per heavy atom. The standard InChI is InChI=1S/C10H7N3OS/c14-7-3-4-13-9(6-7)11-12-10(13)8-2-1-5-15-8/h1-6,11H. The van der Waals surface area contributed by atoms with E-state index in [1.54, 1.807) is 17.5 Å². The fourth-order valence-electron chi connectivity index (χ4n) is 1.50. The van der Waals surface area contributed by atoms with Crippen molar-refractivity contribution in [2.24, 2.45) is 0 Å². The minimum atomic E-state index is -0.0172. The fourth-order valence-corrected chi connectivity index (χ4v) is 2.21. The molecule has 0 saturated heterocycles. The summed E-state index contributed by atoms with van der Waals surface area (Å²) in [6.45, 7) is 0. The van der Waals surface area contributed by atoms with Gasteiger partial charge in [0, 0.05) is 18.3 Å². The summed E-state index contributed by atoms with van der Waals surface area (Å²) in [7, 11) is 0. The number of hydrogen-bond donors (Lipinski definition) is 1. The zero-order chi connectivity index (χ0) is 10.3. The number of hydrogen-bond acceptors (Lipinski definition) is 3. The molecule has 0 amide bonds. The molecule has 0 bridgehead atoms. The van der Waals surface area contributed by atoms with Gasteiger partial charge in [0.05, 0.1) is 4.88 Å². The quantitative estimate of drug-likeness (QED) is 0.675. The molecule has 0 aliphatic rings. The van der Waals surface area contributed by atoms with E-state index in [0.29, 0.717) is 5.65 Å². The SMILES string of the molecule is O=c1ccn2c(-c3cccs3)n[nH]c2c1. The van der Waals surface area contributed by atoms with Crippen molar-refractivity contribution in [2.45, 2.75) is 0 Å². The fraction of sp³-hybridized carbons (Fsp3) is 0. The van der Waals surface area contributed by atoms with E-state index in [1.165, 1.54) is 12.1 Å². The molecule has 0 radical (unpaired) electrons. The molecular weight excluding hydrogens is 210 g/mol. The second kappa shape index (κ2) is 3.06. The lowest BCUT2D eigenvalue weighted by Crippen LogP contribution is -1.98. The summed E-state index contributed by atoms with van der Waals surface area (Å²) >= 11 is 1.62. The van der Waals surface area contributed by atoms with Gasteiger partial charge in [-0.3, -0.25) is 14.3 Å². The maximum atomic E-state index is 11.1. The Morgan fingerprint density at radius 2 is 2.33 bits per heavy atom. The first-order valence-corrected chi connectivity index (χ1v) is 5.33. The van der Waals surface area contributed by atoms with Gasteiger partial charge in [0.15, 0.2) is 11.3 Å². The van der Waals surface area contributed by atoms with Gasteiger partial charge < -0.3 is 0 Å². The average Bonchev–Trinajstić information content (AvgIpc) is 2.82. The Balaban J connectivity index is 2.34. The molecule has 74 valence electrons. The Hall–Kier alpha value is -1.88. The Bertz CT molecular complexity index is 651. The van der Waals surface area contributed by atoms with Crippen LogP contribution < -0.4 is 5.43 Å². The number of aromatic nitrogens is 3. The molecule has 0 atom stereocenters. The van der Waals surface area contributed by atoms with Crippen molar-refractivity contribution < 1.29 is 0 Å². The van der Waals surface area contributed by atoms with E-state index in [0.717, 1.165) is 10.7 Å². The minimum Gasteiger partial charge on any atom is -0.290 e. The van der Waals surface area contributed by atoms with Crippen LogP contribution in [0.4, 0.5) is 0 Å². The van der Waals surface area contributed by atoms with Crippen molar-refractivity contribution in [3.8, 4) is 10.7 Å². The maximum Gasteiger partial charge on any atom is 0.183 e. The van der Waals surface area contributed by atoms with Crippen molar-refractivity contribution in [2.75, 3.05) is 0 Å². The third-order valence-corrected chi connectivity index (χ3v) is 3.04. The van der Waals surface area contributed by atoms with Crippen molar-refractivity contribution in [3.63, 3.8) is 0 Å². The predicted molar refractivity (Wildman–Crippen MR) is 59.1 cm³/mol. The Labute approximate surface area is 88.8 Å². The number of nitrogens with one attached hydrogen (secondary N) is 1. The molecule has 4 nitrogen and oxygen atoms in total. The summed E-state index contributed by atoms with van der Waals surface area (Å²) in [6.07, 6.45) is 1.73. The average molecular weight is 217 g/mol. The van der Waals surface area contributed by atoms with Gasteiger partial charge in [-0.2, -0.15) is 5.10 Å². The third kappa shape index (κ3) is 1.28. The van der Waals surface area contributed by atoms with Crippen LogP contribution in [0.25, 0.3) is 16.3 Å². The van der Waals surface area contributed by atoms with E-state index in [-0.39, 0.29) is 5.43 Å². The monoisotopic (exact) mass is 217 g/mol. The molecule has 1 N–H and O–H groups in total. The van der Waals surface area contributed by atoms with Crippen LogP contribution >= 0.6 is 11.3 Å². The second-order valence-electron chi connectivity index (χ2n) is 3.14. The molecule has 15 heavy (non-hydrogen) atoms. The lowest BCUT2D eigenvalue weighted by Gasteiger charge is -1.94. The van der Waals surface area contributed by atoms with E-state index in [2.05, 4.69) is 10.2 Å². The summed E-state index contributed by atoms with van der Waals surface area (Å²) in [6, 6.07) is 7.03. The Morgan fingerprint density at radius 3 is 3.13 bits per heavy atom. The largest absolute Gasteiger partial charge is 0.290 e. The van der Waals surface area contributed by atoms with Crippen LogP contribution in [0.5, 0.6) is 0 Å². The van der Waals surface area contributed by atoms with Gasteiger partial charge in [0.25, 0.3) is 0 Å². The van der Waals surface area contributed by atoms with Crippen molar-refractivity contribution in [1.29, 1.82) is 0 Å². The number of thiophene rings is 1. The number of H-pyrrole nitrogens is 1. The summed E-state index contributed by atoms with van der Waals surface area (Å²) < 4.78 is 1.87. The van der Waals surface area contributed by atoms with Crippen LogP contribution in [-0.4, -0.2) is 14.6 Å². The number of aromatic amines is 1. The van der Waals surface area contributed by atoms with Crippen LogP contribution in [0.3, 0.4) is 0 Å². The first-order valence-electron chi connectivity index (χ1n) is 4.45. The number of rotatable bonds is 1. The van der Waals surface area contributed by atoms with E-state index < -0.39 is 0 Å². The van der Waals surface area contributed by atoms with Gasteiger partial charge in [-0.05, 0) is 11.4 Å². The zero-order valence-electron chi connectivity index (χ0n) is 7.68. The maximum absolute atomic E-state index is 11.1. The molecule has 0 aromatic carbocycles. The lowest BCUT2D eigenvalue weighted by molar-refractivity contribution is 1.12. The zero-order valence-corrected chi connectivity index (χ0v) is 8.49. The highest BCUT2D eigenvalue weighted by Gasteiger charge is 2.06.